The Balaban J connectivity index is 1.90. The number of benzene rings is 2. The molecule has 2 aromatic carbocycles. The first kappa shape index (κ1) is 21.3. The van der Waals surface area contributed by atoms with E-state index in [2.05, 4.69) is 17.4 Å². The van der Waals surface area contributed by atoms with Gasteiger partial charge in [-0.05, 0) is 62.6 Å². The summed E-state index contributed by atoms with van der Waals surface area (Å²) in [6.45, 7) is 8.89. The third kappa shape index (κ3) is 6.61. The van der Waals surface area contributed by atoms with Crippen molar-refractivity contribution in [3.05, 3.63) is 53.1 Å². The molecule has 0 aromatic heterocycles. The molecule has 0 fully saturated rings. The van der Waals surface area contributed by atoms with E-state index in [9.17, 15) is 4.79 Å². The number of nitrogens with zero attached hydrogens (tertiary/aromatic N) is 1. The number of oxime groups is 1. The second-order valence-electron chi connectivity index (χ2n) is 6.36. The predicted octanol–water partition coefficient (Wildman–Crippen LogP) is 4.48. The standard InChI is InChI=1S/C22H28N2O4/c1-5-11-27-20-10-9-18(13-21(20)26-6-2)14-23-28-15-22(25)24-19-12-16(3)7-8-17(19)4/h7-10,12-14H,5-6,11,15H2,1-4H3,(H,24,25)/b23-14+. The highest BCUT2D eigenvalue weighted by Gasteiger charge is 2.07. The van der Waals surface area contributed by atoms with Crippen molar-refractivity contribution >= 4 is 17.8 Å². The molecule has 0 radical (unpaired) electrons. The summed E-state index contributed by atoms with van der Waals surface area (Å²) in [6, 6.07) is 11.4. The molecule has 0 saturated heterocycles. The van der Waals surface area contributed by atoms with E-state index >= 15 is 0 Å². The van der Waals surface area contributed by atoms with E-state index in [1.165, 1.54) is 6.21 Å². The molecule has 0 spiro atoms. The molecule has 2 rings (SSSR count). The summed E-state index contributed by atoms with van der Waals surface area (Å²) >= 11 is 0. The van der Waals surface area contributed by atoms with Crippen molar-refractivity contribution in [2.24, 2.45) is 5.16 Å². The first-order valence-corrected chi connectivity index (χ1v) is 9.45. The number of anilines is 1. The van der Waals surface area contributed by atoms with Gasteiger partial charge in [-0.25, -0.2) is 0 Å². The Morgan fingerprint density at radius 1 is 1.07 bits per heavy atom. The Labute approximate surface area is 166 Å². The van der Waals surface area contributed by atoms with E-state index in [0.29, 0.717) is 24.7 Å². The van der Waals surface area contributed by atoms with Gasteiger partial charge in [0, 0.05) is 11.3 Å². The first-order valence-electron chi connectivity index (χ1n) is 9.45. The SMILES string of the molecule is CCCOc1ccc(/C=N/OCC(=O)Nc2cc(C)ccc2C)cc1OCC. The van der Waals surface area contributed by atoms with Crippen molar-refractivity contribution in [3.63, 3.8) is 0 Å². The molecule has 0 heterocycles. The van der Waals surface area contributed by atoms with E-state index in [1.54, 1.807) is 0 Å². The Morgan fingerprint density at radius 2 is 1.89 bits per heavy atom. The lowest BCUT2D eigenvalue weighted by Crippen LogP contribution is -2.17. The van der Waals surface area contributed by atoms with E-state index in [-0.39, 0.29) is 12.5 Å². The zero-order chi connectivity index (χ0) is 20.4. The summed E-state index contributed by atoms with van der Waals surface area (Å²) in [5, 5.41) is 6.70. The van der Waals surface area contributed by atoms with Gasteiger partial charge in [0.1, 0.15) is 0 Å². The third-order valence-corrected chi connectivity index (χ3v) is 3.87. The minimum absolute atomic E-state index is 0.167. The van der Waals surface area contributed by atoms with Crippen molar-refractivity contribution in [3.8, 4) is 11.5 Å². The van der Waals surface area contributed by atoms with Crippen molar-refractivity contribution in [1.29, 1.82) is 0 Å². The van der Waals surface area contributed by atoms with Crippen molar-refractivity contribution in [1.82, 2.24) is 0 Å². The van der Waals surface area contributed by atoms with E-state index < -0.39 is 0 Å². The summed E-state index contributed by atoms with van der Waals surface area (Å²) in [6.07, 6.45) is 2.46. The molecule has 0 atom stereocenters. The number of aryl methyl sites for hydroxylation is 2. The highest BCUT2D eigenvalue weighted by molar-refractivity contribution is 5.92. The number of nitrogens with one attached hydrogen (secondary N) is 1. The second-order valence-corrected chi connectivity index (χ2v) is 6.36. The quantitative estimate of drug-likeness (QED) is 0.484. The molecule has 0 aliphatic rings. The lowest BCUT2D eigenvalue weighted by Gasteiger charge is -2.11. The van der Waals surface area contributed by atoms with Crippen LogP contribution in [-0.2, 0) is 9.63 Å². The Hall–Kier alpha value is -3.02. The van der Waals surface area contributed by atoms with Crippen LogP contribution >= 0.6 is 0 Å². The summed E-state index contributed by atoms with van der Waals surface area (Å²) in [5.41, 5.74) is 3.65. The second kappa shape index (κ2) is 11.0. The minimum atomic E-state index is -0.260. The predicted molar refractivity (Wildman–Crippen MR) is 111 cm³/mol. The number of hydrogen-bond donors (Lipinski definition) is 1. The van der Waals surface area contributed by atoms with Crippen LogP contribution in [0, 0.1) is 13.8 Å². The first-order chi connectivity index (χ1) is 13.5. The van der Waals surface area contributed by atoms with Gasteiger partial charge in [0.05, 0.1) is 19.4 Å². The summed E-state index contributed by atoms with van der Waals surface area (Å²) in [4.78, 5) is 17.1. The normalized spacial score (nSPS) is 10.7. The number of carbonyl (C=O) groups excluding carboxylic acids is 1. The molecule has 6 heteroatoms. The molecule has 1 amide bonds. The Morgan fingerprint density at radius 3 is 2.64 bits per heavy atom. The van der Waals surface area contributed by atoms with Crippen molar-refractivity contribution in [2.45, 2.75) is 34.1 Å². The average molecular weight is 384 g/mol. The van der Waals surface area contributed by atoms with Crippen molar-refractivity contribution in [2.75, 3.05) is 25.1 Å². The molecule has 150 valence electrons. The summed E-state index contributed by atoms with van der Waals surface area (Å²) < 4.78 is 11.3. The number of amides is 1. The van der Waals surface area contributed by atoms with Gasteiger partial charge < -0.3 is 19.6 Å². The maximum absolute atomic E-state index is 12.0. The summed E-state index contributed by atoms with van der Waals surface area (Å²) in [7, 11) is 0. The van der Waals surface area contributed by atoms with E-state index in [4.69, 9.17) is 14.3 Å². The summed E-state index contributed by atoms with van der Waals surface area (Å²) in [5.74, 6) is 1.10. The molecule has 2 aromatic rings. The van der Waals surface area contributed by atoms with Crippen LogP contribution in [0.2, 0.25) is 0 Å². The smallest absolute Gasteiger partial charge is 0.265 e. The molecule has 0 saturated carbocycles. The van der Waals surface area contributed by atoms with Gasteiger partial charge in [0.2, 0.25) is 0 Å². The molecular formula is C22H28N2O4. The van der Waals surface area contributed by atoms with Gasteiger partial charge in [0.25, 0.3) is 5.91 Å². The van der Waals surface area contributed by atoms with Crippen LogP contribution in [0.1, 0.15) is 37.0 Å². The lowest BCUT2D eigenvalue weighted by atomic mass is 10.1. The molecular weight excluding hydrogens is 356 g/mol. The Bertz CT molecular complexity index is 818. The molecule has 1 N–H and O–H groups in total. The van der Waals surface area contributed by atoms with Crippen LogP contribution in [0.4, 0.5) is 5.69 Å². The largest absolute Gasteiger partial charge is 0.490 e. The molecule has 0 unspecified atom stereocenters. The zero-order valence-electron chi connectivity index (χ0n) is 17.0. The van der Waals surface area contributed by atoms with Crippen LogP contribution in [0.3, 0.4) is 0 Å². The number of hydrogen-bond acceptors (Lipinski definition) is 5. The van der Waals surface area contributed by atoms with Gasteiger partial charge in [-0.15, -0.1) is 0 Å². The third-order valence-electron chi connectivity index (χ3n) is 3.87. The van der Waals surface area contributed by atoms with Gasteiger partial charge >= 0.3 is 0 Å². The van der Waals surface area contributed by atoms with Crippen LogP contribution in [0.5, 0.6) is 11.5 Å². The molecule has 0 aliphatic carbocycles. The van der Waals surface area contributed by atoms with Crippen molar-refractivity contribution < 1.29 is 19.1 Å². The Kier molecular flexibility index (Phi) is 8.34. The fraction of sp³-hybridized carbons (Fsp3) is 0.364. The van der Waals surface area contributed by atoms with Gasteiger partial charge in [-0.2, -0.15) is 0 Å². The van der Waals surface area contributed by atoms with Crippen LogP contribution in [0.15, 0.2) is 41.6 Å². The molecule has 6 nitrogen and oxygen atoms in total. The van der Waals surface area contributed by atoms with Crippen LogP contribution in [0.25, 0.3) is 0 Å². The molecule has 28 heavy (non-hydrogen) atoms. The maximum Gasteiger partial charge on any atom is 0.265 e. The van der Waals surface area contributed by atoms with Gasteiger partial charge in [0.15, 0.2) is 18.1 Å². The highest BCUT2D eigenvalue weighted by atomic mass is 16.6. The lowest BCUT2D eigenvalue weighted by molar-refractivity contribution is -0.120. The monoisotopic (exact) mass is 384 g/mol. The topological polar surface area (TPSA) is 69.2 Å². The zero-order valence-corrected chi connectivity index (χ0v) is 17.0. The van der Waals surface area contributed by atoms with Gasteiger partial charge in [-0.3, -0.25) is 4.79 Å². The van der Waals surface area contributed by atoms with Crippen LogP contribution < -0.4 is 14.8 Å². The van der Waals surface area contributed by atoms with Gasteiger partial charge in [-0.1, -0.05) is 24.2 Å². The fourth-order valence-electron chi connectivity index (χ4n) is 2.46. The van der Waals surface area contributed by atoms with E-state index in [1.807, 2.05) is 57.2 Å². The molecule has 0 aliphatic heterocycles. The number of rotatable bonds is 10. The maximum atomic E-state index is 12.0. The highest BCUT2D eigenvalue weighted by Crippen LogP contribution is 2.28. The molecule has 0 bridgehead atoms. The number of carbonyl (C=O) groups is 1. The average Bonchev–Trinajstić information content (AvgIpc) is 2.67. The van der Waals surface area contributed by atoms with E-state index in [0.717, 1.165) is 28.8 Å². The van der Waals surface area contributed by atoms with Crippen LogP contribution in [-0.4, -0.2) is 31.9 Å². The number of ether oxygens (including phenoxy) is 2. The minimum Gasteiger partial charge on any atom is -0.490 e. The fourth-order valence-corrected chi connectivity index (χ4v) is 2.46.